The van der Waals surface area contributed by atoms with Crippen LogP contribution < -0.4 is 9.47 Å². The molecule has 0 amide bonds. The van der Waals surface area contributed by atoms with Crippen molar-refractivity contribution in [3.8, 4) is 23.0 Å². The number of hydrogen-bond acceptors (Lipinski definition) is 5. The minimum absolute atomic E-state index is 0.175. The summed E-state index contributed by atoms with van der Waals surface area (Å²) < 4.78 is 11.6. The first-order chi connectivity index (χ1) is 35.1. The van der Waals surface area contributed by atoms with Crippen LogP contribution in [-0.4, -0.2) is 17.3 Å². The van der Waals surface area contributed by atoms with Crippen molar-refractivity contribution in [2.75, 3.05) is 0 Å². The zero-order chi connectivity index (χ0) is 52.1. The van der Waals surface area contributed by atoms with E-state index in [-0.39, 0.29) is 17.3 Å². The molecule has 0 unspecified atom stereocenters. The fraction of sp³-hybridized carbons (Fsp3) is 0.162. The number of ether oxygens (including phenoxy) is 2. The molecule has 0 saturated carbocycles. The number of rotatable bonds is 13. The Bertz CT molecular complexity index is 3090. The van der Waals surface area contributed by atoms with E-state index in [9.17, 15) is 14.4 Å². The summed E-state index contributed by atoms with van der Waals surface area (Å²) in [6.07, 6.45) is 1.43. The number of benzene rings is 9. The lowest BCUT2D eigenvalue weighted by Gasteiger charge is -2.08. The molecule has 5 heteroatoms. The van der Waals surface area contributed by atoms with Gasteiger partial charge in [0.1, 0.15) is 23.0 Å². The monoisotopic (exact) mass is 962 g/mol. The van der Waals surface area contributed by atoms with Gasteiger partial charge in [-0.2, -0.15) is 0 Å². The SMILES string of the molecule is Cc1ccc(C(=O)Cc2cccc(C)c2)cc1.Cc1ccc(C(=O)Cc2ccccc2)cc1C.Cc1ccc(CC(=O)c2ccc(C)cc2)cc1.Cc1ccc(Oc2ccc(Oc3ccc(C)cc3)cc2)cc1. The highest BCUT2D eigenvalue weighted by Crippen LogP contribution is 2.27. The molecular weight excluding hydrogens is 897 g/mol. The molecule has 9 rings (SSSR count). The Hall–Kier alpha value is -8.41. The average molecular weight is 963 g/mol. The van der Waals surface area contributed by atoms with E-state index >= 15 is 0 Å². The van der Waals surface area contributed by atoms with E-state index in [1.54, 1.807) is 0 Å². The van der Waals surface area contributed by atoms with Crippen molar-refractivity contribution in [2.45, 2.75) is 74.7 Å². The quantitative estimate of drug-likeness (QED) is 0.108. The summed E-state index contributed by atoms with van der Waals surface area (Å²) in [6, 6.07) is 71.0. The van der Waals surface area contributed by atoms with Crippen molar-refractivity contribution in [3.05, 3.63) is 296 Å². The average Bonchev–Trinajstić information content (AvgIpc) is 3.39. The molecule has 0 radical (unpaired) electrons. The first kappa shape index (κ1) is 53.9. The third-order valence-electron chi connectivity index (χ3n) is 12.1. The van der Waals surface area contributed by atoms with Crippen LogP contribution in [0, 0.1) is 55.4 Å². The van der Waals surface area contributed by atoms with E-state index in [1.807, 2.05) is 247 Å². The molecular formula is C68H66O5. The van der Waals surface area contributed by atoms with E-state index in [0.717, 1.165) is 56.4 Å². The van der Waals surface area contributed by atoms with E-state index < -0.39 is 0 Å². The van der Waals surface area contributed by atoms with Gasteiger partial charge in [-0.3, -0.25) is 14.4 Å². The van der Waals surface area contributed by atoms with E-state index in [1.165, 1.54) is 44.5 Å². The van der Waals surface area contributed by atoms with Gasteiger partial charge in [-0.1, -0.05) is 197 Å². The van der Waals surface area contributed by atoms with Crippen LogP contribution in [0.2, 0.25) is 0 Å². The molecule has 0 aliphatic rings. The second-order valence-electron chi connectivity index (χ2n) is 18.6. The van der Waals surface area contributed by atoms with E-state index in [0.29, 0.717) is 19.3 Å². The number of ketones is 3. The summed E-state index contributed by atoms with van der Waals surface area (Å²) in [4.78, 5) is 36.1. The minimum atomic E-state index is 0.175. The van der Waals surface area contributed by atoms with Gasteiger partial charge in [-0.25, -0.2) is 0 Å². The van der Waals surface area contributed by atoms with Crippen LogP contribution in [0.15, 0.2) is 218 Å². The molecule has 0 N–H and O–H groups in total. The first-order valence-electron chi connectivity index (χ1n) is 24.7. The Balaban J connectivity index is 0.000000160. The highest BCUT2D eigenvalue weighted by atomic mass is 16.5. The van der Waals surface area contributed by atoms with E-state index in [4.69, 9.17) is 9.47 Å². The second kappa shape index (κ2) is 27.3. The molecule has 0 atom stereocenters. The molecule has 73 heavy (non-hydrogen) atoms. The second-order valence-corrected chi connectivity index (χ2v) is 18.6. The van der Waals surface area contributed by atoms with Gasteiger partial charge >= 0.3 is 0 Å². The maximum absolute atomic E-state index is 12.1. The summed E-state index contributed by atoms with van der Waals surface area (Å²) >= 11 is 0. The maximum atomic E-state index is 12.1. The predicted molar refractivity (Wildman–Crippen MR) is 300 cm³/mol. The van der Waals surface area contributed by atoms with Gasteiger partial charge in [0.25, 0.3) is 0 Å². The Morgan fingerprint density at radius 3 is 1.01 bits per heavy atom. The number of carbonyl (C=O) groups excluding carboxylic acids is 3. The molecule has 5 nitrogen and oxygen atoms in total. The van der Waals surface area contributed by atoms with Crippen molar-refractivity contribution in [2.24, 2.45) is 0 Å². The van der Waals surface area contributed by atoms with Crippen LogP contribution in [0.1, 0.15) is 92.3 Å². The molecule has 0 aliphatic heterocycles. The summed E-state index contributed by atoms with van der Waals surface area (Å²) in [5, 5.41) is 0. The van der Waals surface area contributed by atoms with Gasteiger partial charge in [-0.05, 0) is 138 Å². The van der Waals surface area contributed by atoms with Gasteiger partial charge < -0.3 is 9.47 Å². The fourth-order valence-electron chi connectivity index (χ4n) is 7.44. The van der Waals surface area contributed by atoms with Crippen molar-refractivity contribution in [3.63, 3.8) is 0 Å². The lowest BCUT2D eigenvalue weighted by Crippen LogP contribution is -2.04. The Labute approximate surface area is 433 Å². The van der Waals surface area contributed by atoms with Gasteiger partial charge in [0.05, 0.1) is 0 Å². The summed E-state index contributed by atoms with van der Waals surface area (Å²) in [5.74, 6) is 3.78. The molecule has 0 saturated heterocycles. The largest absolute Gasteiger partial charge is 0.457 e. The van der Waals surface area contributed by atoms with Gasteiger partial charge in [-0.15, -0.1) is 0 Å². The van der Waals surface area contributed by atoms with Crippen LogP contribution in [-0.2, 0) is 19.3 Å². The molecule has 0 fully saturated rings. The van der Waals surface area contributed by atoms with Crippen molar-refractivity contribution in [1.29, 1.82) is 0 Å². The van der Waals surface area contributed by atoms with Crippen LogP contribution in [0.3, 0.4) is 0 Å². The Kier molecular flexibility index (Phi) is 20.1. The highest BCUT2D eigenvalue weighted by molar-refractivity contribution is 5.98. The smallest absolute Gasteiger partial charge is 0.167 e. The molecule has 9 aromatic carbocycles. The molecule has 0 aromatic heterocycles. The first-order valence-corrected chi connectivity index (χ1v) is 24.7. The zero-order valence-corrected chi connectivity index (χ0v) is 43.4. The van der Waals surface area contributed by atoms with Crippen LogP contribution in [0.5, 0.6) is 23.0 Å². The molecule has 9 aromatic rings. The normalized spacial score (nSPS) is 10.2. The molecule has 0 heterocycles. The number of Topliss-reactive ketones (excluding diaryl/α,β-unsaturated/α-hetero) is 3. The van der Waals surface area contributed by atoms with E-state index in [2.05, 4.69) is 26.8 Å². The van der Waals surface area contributed by atoms with Gasteiger partial charge in [0.15, 0.2) is 17.3 Å². The molecule has 0 spiro atoms. The lowest BCUT2D eigenvalue weighted by molar-refractivity contribution is 0.0984. The summed E-state index contributed by atoms with van der Waals surface area (Å²) in [6.45, 7) is 16.3. The number of carbonyl (C=O) groups is 3. The molecule has 368 valence electrons. The van der Waals surface area contributed by atoms with Gasteiger partial charge in [0.2, 0.25) is 0 Å². The molecule has 0 bridgehead atoms. The predicted octanol–water partition coefficient (Wildman–Crippen LogP) is 17.1. The lowest BCUT2D eigenvalue weighted by atomic mass is 9.99. The van der Waals surface area contributed by atoms with Crippen LogP contribution in [0.25, 0.3) is 0 Å². The third-order valence-corrected chi connectivity index (χ3v) is 12.1. The van der Waals surface area contributed by atoms with Crippen molar-refractivity contribution < 1.29 is 23.9 Å². The Morgan fingerprint density at radius 2 is 0.603 bits per heavy atom. The van der Waals surface area contributed by atoms with Crippen molar-refractivity contribution in [1.82, 2.24) is 0 Å². The highest BCUT2D eigenvalue weighted by Gasteiger charge is 2.10. The van der Waals surface area contributed by atoms with Crippen LogP contribution in [0.4, 0.5) is 0 Å². The standard InChI is InChI=1S/C20H18O2.3C16H16O/c1-15-3-7-17(8-4-15)21-19-11-13-20(14-12-19)22-18-9-5-16(2)6-10-18;1-12-3-7-14(8-4-12)11-16(17)15-9-5-13(2)6-10-15;1-12-6-8-15(9-7-12)16(17)11-14-5-3-4-13(2)10-14;1-12-8-9-15(10-13(12)2)16(17)11-14-6-4-3-5-7-14/h3-14H,1-2H3;3*3-10H,11H2,1-2H3. The third kappa shape index (κ3) is 18.4. The topological polar surface area (TPSA) is 69.7 Å². The summed E-state index contributed by atoms with van der Waals surface area (Å²) in [5.41, 5.74) is 15.2. The zero-order valence-electron chi connectivity index (χ0n) is 43.4. The van der Waals surface area contributed by atoms with Crippen molar-refractivity contribution >= 4 is 17.3 Å². The maximum Gasteiger partial charge on any atom is 0.167 e. The van der Waals surface area contributed by atoms with Gasteiger partial charge in [0, 0.05) is 36.0 Å². The Morgan fingerprint density at radius 1 is 0.274 bits per heavy atom. The molecule has 0 aliphatic carbocycles. The number of hydrogen-bond donors (Lipinski definition) is 0. The fourth-order valence-corrected chi connectivity index (χ4v) is 7.44. The number of aryl methyl sites for hydroxylation is 8. The minimum Gasteiger partial charge on any atom is -0.457 e. The van der Waals surface area contributed by atoms with Crippen LogP contribution >= 0.6 is 0 Å². The summed E-state index contributed by atoms with van der Waals surface area (Å²) in [7, 11) is 0.